The number of rotatable bonds is 2. The van der Waals surface area contributed by atoms with Gasteiger partial charge in [0.05, 0.1) is 0 Å². The Bertz CT molecular complexity index is 309. The van der Waals surface area contributed by atoms with Crippen LogP contribution in [-0.2, 0) is 0 Å². The predicted octanol–water partition coefficient (Wildman–Crippen LogP) is 0.580. The number of hydrogen-bond donors (Lipinski definition) is 1. The Morgan fingerprint density at radius 2 is 1.89 bits per heavy atom. The molecule has 3 rings (SSSR count). The van der Waals surface area contributed by atoms with E-state index in [1.54, 1.807) is 0 Å². The summed E-state index contributed by atoms with van der Waals surface area (Å²) in [4.78, 5) is 7.95. The predicted molar refractivity (Wildman–Crippen MR) is 79.3 cm³/mol. The number of fused-ring (bicyclic) bond motifs is 1. The van der Waals surface area contributed by atoms with Gasteiger partial charge in [-0.15, -0.1) is 0 Å². The van der Waals surface area contributed by atoms with E-state index in [2.05, 4.69) is 21.7 Å². The van der Waals surface area contributed by atoms with E-state index in [0.29, 0.717) is 0 Å². The third-order valence-corrected chi connectivity index (χ3v) is 5.77. The van der Waals surface area contributed by atoms with Crippen LogP contribution in [0.3, 0.4) is 0 Å². The van der Waals surface area contributed by atoms with Gasteiger partial charge in [0.2, 0.25) is 0 Å². The Balaban J connectivity index is 1.78. The van der Waals surface area contributed by atoms with E-state index in [4.69, 9.17) is 5.73 Å². The third kappa shape index (κ3) is 2.44. The molecule has 0 aromatic carbocycles. The Morgan fingerprint density at radius 3 is 2.74 bits per heavy atom. The van der Waals surface area contributed by atoms with Crippen LogP contribution in [-0.4, -0.2) is 79.1 Å². The van der Waals surface area contributed by atoms with Gasteiger partial charge in [-0.05, 0) is 45.8 Å². The molecule has 2 unspecified atom stereocenters. The summed E-state index contributed by atoms with van der Waals surface area (Å²) < 4.78 is 0. The fourth-order valence-electron chi connectivity index (χ4n) is 4.60. The zero-order valence-electron chi connectivity index (χ0n) is 12.5. The fraction of sp³-hybridized carbons (Fsp3) is 1.00. The summed E-state index contributed by atoms with van der Waals surface area (Å²) in [6.45, 7) is 8.32. The largest absolute Gasteiger partial charge is 0.329 e. The van der Waals surface area contributed by atoms with Gasteiger partial charge in [-0.25, -0.2) is 0 Å². The van der Waals surface area contributed by atoms with Crippen molar-refractivity contribution in [3.63, 3.8) is 0 Å². The van der Waals surface area contributed by atoms with Crippen molar-refractivity contribution in [2.75, 3.05) is 52.9 Å². The van der Waals surface area contributed by atoms with Gasteiger partial charge in [0.15, 0.2) is 0 Å². The molecule has 3 fully saturated rings. The highest BCUT2D eigenvalue weighted by Gasteiger charge is 2.50. The molecule has 0 aromatic heterocycles. The van der Waals surface area contributed by atoms with Crippen LogP contribution in [0.25, 0.3) is 0 Å². The van der Waals surface area contributed by atoms with Crippen LogP contribution in [0.1, 0.15) is 32.1 Å². The van der Waals surface area contributed by atoms with Gasteiger partial charge in [-0.1, -0.05) is 6.42 Å². The fourth-order valence-corrected chi connectivity index (χ4v) is 4.60. The first-order chi connectivity index (χ1) is 9.26. The lowest BCUT2D eigenvalue weighted by atomic mass is 9.83. The lowest BCUT2D eigenvalue weighted by Gasteiger charge is -2.47. The molecule has 0 spiro atoms. The van der Waals surface area contributed by atoms with E-state index in [1.165, 1.54) is 71.4 Å². The minimum atomic E-state index is 0.283. The molecule has 0 bridgehead atoms. The highest BCUT2D eigenvalue weighted by molar-refractivity contribution is 5.09. The molecule has 3 saturated heterocycles. The zero-order chi connectivity index (χ0) is 13.3. The van der Waals surface area contributed by atoms with Crippen LogP contribution >= 0.6 is 0 Å². The van der Waals surface area contributed by atoms with Crippen LogP contribution in [0.4, 0.5) is 0 Å². The second-order valence-corrected chi connectivity index (χ2v) is 6.75. The van der Waals surface area contributed by atoms with Crippen LogP contribution in [0.5, 0.6) is 0 Å². The number of piperidine rings is 1. The number of nitrogens with zero attached hydrogens (tertiary/aromatic N) is 3. The van der Waals surface area contributed by atoms with E-state index in [1.807, 2.05) is 0 Å². The van der Waals surface area contributed by atoms with Gasteiger partial charge in [-0.3, -0.25) is 9.80 Å². The first-order valence-electron chi connectivity index (χ1n) is 8.14. The molecule has 2 atom stereocenters. The van der Waals surface area contributed by atoms with Crippen molar-refractivity contribution < 1.29 is 0 Å². The first kappa shape index (κ1) is 13.8. The quantitative estimate of drug-likeness (QED) is 0.793. The first-order valence-corrected chi connectivity index (χ1v) is 8.14. The molecular formula is C15H30N4. The average Bonchev–Trinajstić information content (AvgIpc) is 2.69. The zero-order valence-corrected chi connectivity index (χ0v) is 12.5. The van der Waals surface area contributed by atoms with Crippen molar-refractivity contribution in [2.24, 2.45) is 5.73 Å². The van der Waals surface area contributed by atoms with Gasteiger partial charge >= 0.3 is 0 Å². The summed E-state index contributed by atoms with van der Waals surface area (Å²) in [5, 5.41) is 0. The molecule has 0 radical (unpaired) electrons. The van der Waals surface area contributed by atoms with E-state index in [-0.39, 0.29) is 5.54 Å². The van der Waals surface area contributed by atoms with Crippen molar-refractivity contribution in [1.82, 2.24) is 14.7 Å². The second-order valence-electron chi connectivity index (χ2n) is 6.75. The second kappa shape index (κ2) is 5.68. The summed E-state index contributed by atoms with van der Waals surface area (Å²) in [7, 11) is 2.25. The molecule has 3 aliphatic heterocycles. The smallest absolute Gasteiger partial charge is 0.0499 e. The monoisotopic (exact) mass is 266 g/mol. The van der Waals surface area contributed by atoms with Crippen molar-refractivity contribution in [1.29, 1.82) is 0 Å². The molecule has 3 aliphatic rings. The summed E-state index contributed by atoms with van der Waals surface area (Å²) in [6, 6.07) is 0.731. The van der Waals surface area contributed by atoms with Crippen LogP contribution in [0, 0.1) is 0 Å². The summed E-state index contributed by atoms with van der Waals surface area (Å²) in [5.41, 5.74) is 6.59. The van der Waals surface area contributed by atoms with Gasteiger partial charge < -0.3 is 10.6 Å². The molecule has 0 saturated carbocycles. The van der Waals surface area contributed by atoms with E-state index in [9.17, 15) is 0 Å². The van der Waals surface area contributed by atoms with Gasteiger partial charge in [0, 0.05) is 44.3 Å². The van der Waals surface area contributed by atoms with E-state index in [0.717, 1.165) is 12.6 Å². The standard InChI is InChI=1S/C15H30N4/c1-17-7-4-9-19(12-11-17)15(13-16)6-10-18-8-3-2-5-14(15)18/h14H,2-13,16H2,1H3. The van der Waals surface area contributed by atoms with Crippen molar-refractivity contribution in [2.45, 2.75) is 43.7 Å². The molecule has 0 aromatic rings. The van der Waals surface area contributed by atoms with E-state index >= 15 is 0 Å². The molecule has 110 valence electrons. The maximum Gasteiger partial charge on any atom is 0.0499 e. The normalized spacial score (nSPS) is 39.2. The topological polar surface area (TPSA) is 35.7 Å². The van der Waals surface area contributed by atoms with E-state index < -0.39 is 0 Å². The molecule has 19 heavy (non-hydrogen) atoms. The SMILES string of the molecule is CN1CCCN(C2(CN)CCN3CCCCC32)CC1. The maximum absolute atomic E-state index is 6.31. The van der Waals surface area contributed by atoms with Gasteiger partial charge in [0.1, 0.15) is 0 Å². The minimum Gasteiger partial charge on any atom is -0.329 e. The lowest BCUT2D eigenvalue weighted by molar-refractivity contribution is 0.0404. The molecule has 3 heterocycles. The Morgan fingerprint density at radius 1 is 1.00 bits per heavy atom. The molecular weight excluding hydrogens is 236 g/mol. The molecule has 0 amide bonds. The van der Waals surface area contributed by atoms with Crippen LogP contribution in [0.15, 0.2) is 0 Å². The van der Waals surface area contributed by atoms with Crippen molar-refractivity contribution >= 4 is 0 Å². The average molecular weight is 266 g/mol. The number of likely N-dealkylation sites (N-methyl/N-ethyl adjacent to an activating group) is 1. The van der Waals surface area contributed by atoms with Gasteiger partial charge in [0.25, 0.3) is 0 Å². The number of hydrogen-bond acceptors (Lipinski definition) is 4. The molecule has 4 nitrogen and oxygen atoms in total. The third-order valence-electron chi connectivity index (χ3n) is 5.77. The highest BCUT2D eigenvalue weighted by Crippen LogP contribution is 2.39. The summed E-state index contributed by atoms with van der Waals surface area (Å²) >= 11 is 0. The molecule has 0 aliphatic carbocycles. The maximum atomic E-state index is 6.31. The minimum absolute atomic E-state index is 0.283. The van der Waals surface area contributed by atoms with Crippen LogP contribution < -0.4 is 5.73 Å². The lowest BCUT2D eigenvalue weighted by Crippen LogP contribution is -2.62. The Kier molecular flexibility index (Phi) is 4.13. The van der Waals surface area contributed by atoms with Gasteiger partial charge in [-0.2, -0.15) is 0 Å². The number of nitrogens with two attached hydrogens (primary N) is 1. The highest BCUT2D eigenvalue weighted by atomic mass is 15.3. The Labute approximate surface area is 117 Å². The van der Waals surface area contributed by atoms with Crippen molar-refractivity contribution in [3.05, 3.63) is 0 Å². The van der Waals surface area contributed by atoms with Crippen LogP contribution in [0.2, 0.25) is 0 Å². The summed E-state index contributed by atoms with van der Waals surface area (Å²) in [5.74, 6) is 0. The Hall–Kier alpha value is -0.160. The molecule has 2 N–H and O–H groups in total. The molecule has 4 heteroatoms. The van der Waals surface area contributed by atoms with Crippen molar-refractivity contribution in [3.8, 4) is 0 Å². The summed E-state index contributed by atoms with van der Waals surface area (Å²) in [6.07, 6.45) is 6.74.